The van der Waals surface area contributed by atoms with E-state index in [1.54, 1.807) is 12.4 Å². The Labute approximate surface area is 158 Å². The molecule has 0 aliphatic carbocycles. The summed E-state index contributed by atoms with van der Waals surface area (Å²) in [6, 6.07) is 20.5. The second kappa shape index (κ2) is 6.89. The molecule has 2 heterocycles. The smallest absolute Gasteiger partial charge is 0.100 e. The van der Waals surface area contributed by atoms with Crippen LogP contribution in [0, 0.1) is 25.2 Å². The van der Waals surface area contributed by atoms with Crippen molar-refractivity contribution >= 4 is 0 Å². The number of nitrogens with one attached hydrogen (secondary N) is 1. The number of benzene rings is 2. The third-order valence-electron chi connectivity index (χ3n) is 4.77. The molecule has 2 aromatic heterocycles. The molecule has 0 spiro atoms. The van der Waals surface area contributed by atoms with Gasteiger partial charge in [0, 0.05) is 29.2 Å². The van der Waals surface area contributed by atoms with Gasteiger partial charge in [-0.15, -0.1) is 0 Å². The summed E-state index contributed by atoms with van der Waals surface area (Å²) in [6.45, 7) is 3.99. The molecule has 2 aromatic carbocycles. The SMILES string of the molecule is Cc1cccc(-c2ccc(-c3c(-c4ccncc4)n[nH]c3C)cc2)c1C#N. The molecule has 0 aliphatic heterocycles. The lowest BCUT2D eigenvalue weighted by molar-refractivity contribution is 1.05. The van der Waals surface area contributed by atoms with Crippen molar-refractivity contribution in [2.45, 2.75) is 13.8 Å². The fourth-order valence-corrected chi connectivity index (χ4v) is 3.37. The third kappa shape index (κ3) is 3.00. The van der Waals surface area contributed by atoms with E-state index in [1.807, 2.05) is 44.2 Å². The van der Waals surface area contributed by atoms with E-state index in [4.69, 9.17) is 0 Å². The van der Waals surface area contributed by atoms with Gasteiger partial charge in [-0.1, -0.05) is 42.5 Å². The molecule has 27 heavy (non-hydrogen) atoms. The first-order chi connectivity index (χ1) is 13.2. The highest BCUT2D eigenvalue weighted by Gasteiger charge is 2.15. The number of nitriles is 1. The zero-order valence-corrected chi connectivity index (χ0v) is 15.2. The molecule has 0 bridgehead atoms. The fourth-order valence-electron chi connectivity index (χ4n) is 3.37. The predicted molar refractivity (Wildman–Crippen MR) is 107 cm³/mol. The summed E-state index contributed by atoms with van der Waals surface area (Å²) in [7, 11) is 0. The highest BCUT2D eigenvalue weighted by Crippen LogP contribution is 2.34. The van der Waals surface area contributed by atoms with Crippen molar-refractivity contribution in [1.29, 1.82) is 5.26 Å². The van der Waals surface area contributed by atoms with Crippen molar-refractivity contribution in [3.63, 3.8) is 0 Å². The lowest BCUT2D eigenvalue weighted by Crippen LogP contribution is -1.89. The highest BCUT2D eigenvalue weighted by molar-refractivity contribution is 5.84. The Bertz CT molecular complexity index is 1130. The number of aromatic nitrogens is 3. The number of hydrogen-bond acceptors (Lipinski definition) is 3. The number of rotatable bonds is 3. The van der Waals surface area contributed by atoms with Gasteiger partial charge in [-0.2, -0.15) is 10.4 Å². The maximum absolute atomic E-state index is 9.50. The molecule has 0 amide bonds. The third-order valence-corrected chi connectivity index (χ3v) is 4.77. The van der Waals surface area contributed by atoms with Crippen LogP contribution in [0.3, 0.4) is 0 Å². The average molecular weight is 350 g/mol. The van der Waals surface area contributed by atoms with Crippen molar-refractivity contribution in [3.05, 3.63) is 83.8 Å². The topological polar surface area (TPSA) is 65.4 Å². The Hall–Kier alpha value is -3.71. The monoisotopic (exact) mass is 350 g/mol. The van der Waals surface area contributed by atoms with Crippen molar-refractivity contribution in [2.75, 3.05) is 0 Å². The molecular formula is C23H18N4. The van der Waals surface area contributed by atoms with Crippen molar-refractivity contribution in [2.24, 2.45) is 0 Å². The van der Waals surface area contributed by atoms with Gasteiger partial charge in [0.05, 0.1) is 5.56 Å². The molecule has 4 nitrogen and oxygen atoms in total. The average Bonchev–Trinajstić information content (AvgIpc) is 3.10. The highest BCUT2D eigenvalue weighted by atomic mass is 15.1. The summed E-state index contributed by atoms with van der Waals surface area (Å²) in [5.41, 5.74) is 8.83. The first-order valence-electron chi connectivity index (χ1n) is 8.75. The van der Waals surface area contributed by atoms with Crippen molar-refractivity contribution in [1.82, 2.24) is 15.2 Å². The normalized spacial score (nSPS) is 10.6. The van der Waals surface area contributed by atoms with E-state index in [9.17, 15) is 5.26 Å². The minimum Gasteiger partial charge on any atom is -0.282 e. The molecule has 130 valence electrons. The van der Waals surface area contributed by atoms with E-state index in [-0.39, 0.29) is 0 Å². The maximum atomic E-state index is 9.50. The van der Waals surface area contributed by atoms with Crippen LogP contribution in [0.4, 0.5) is 0 Å². The van der Waals surface area contributed by atoms with Crippen LogP contribution in [0.2, 0.25) is 0 Å². The molecule has 0 radical (unpaired) electrons. The van der Waals surface area contributed by atoms with Crippen LogP contribution in [0.25, 0.3) is 33.5 Å². The Morgan fingerprint density at radius 1 is 0.852 bits per heavy atom. The Kier molecular flexibility index (Phi) is 4.27. The quantitative estimate of drug-likeness (QED) is 0.545. The summed E-state index contributed by atoms with van der Waals surface area (Å²) in [4.78, 5) is 4.08. The number of pyridine rings is 1. The van der Waals surface area contributed by atoms with Gasteiger partial charge in [-0.05, 0) is 48.2 Å². The van der Waals surface area contributed by atoms with E-state index in [1.165, 1.54) is 0 Å². The minimum atomic E-state index is 0.724. The standard InChI is InChI=1S/C23H18N4/c1-15-4-3-5-20(21(15)14-24)17-6-8-18(9-7-17)22-16(2)26-27-23(22)19-10-12-25-13-11-19/h3-13H,1-2H3,(H,26,27). The first kappa shape index (κ1) is 16.7. The number of aromatic amines is 1. The largest absolute Gasteiger partial charge is 0.282 e. The van der Waals surface area contributed by atoms with Crippen LogP contribution in [-0.2, 0) is 0 Å². The van der Waals surface area contributed by atoms with Crippen LogP contribution < -0.4 is 0 Å². The summed E-state index contributed by atoms with van der Waals surface area (Å²) >= 11 is 0. The van der Waals surface area contributed by atoms with Gasteiger partial charge in [-0.3, -0.25) is 10.1 Å². The molecule has 0 saturated carbocycles. The maximum Gasteiger partial charge on any atom is 0.100 e. The van der Waals surface area contributed by atoms with Gasteiger partial charge < -0.3 is 0 Å². The number of H-pyrrole nitrogens is 1. The van der Waals surface area contributed by atoms with E-state index in [0.29, 0.717) is 0 Å². The van der Waals surface area contributed by atoms with Gasteiger partial charge in [0.25, 0.3) is 0 Å². The van der Waals surface area contributed by atoms with Crippen molar-refractivity contribution < 1.29 is 0 Å². The van der Waals surface area contributed by atoms with E-state index in [0.717, 1.165) is 50.3 Å². The fraction of sp³-hybridized carbons (Fsp3) is 0.0870. The second-order valence-corrected chi connectivity index (χ2v) is 6.49. The van der Waals surface area contributed by atoms with Gasteiger partial charge in [0.1, 0.15) is 11.8 Å². The molecule has 1 N–H and O–H groups in total. The molecule has 0 saturated heterocycles. The van der Waals surface area contributed by atoms with Crippen LogP contribution in [0.5, 0.6) is 0 Å². The van der Waals surface area contributed by atoms with E-state index < -0.39 is 0 Å². The van der Waals surface area contributed by atoms with Gasteiger partial charge in [0.2, 0.25) is 0 Å². The molecule has 0 atom stereocenters. The minimum absolute atomic E-state index is 0.724. The van der Waals surface area contributed by atoms with Crippen LogP contribution in [0.15, 0.2) is 67.0 Å². The summed E-state index contributed by atoms with van der Waals surface area (Å²) < 4.78 is 0. The molecule has 0 unspecified atom stereocenters. The van der Waals surface area contributed by atoms with Gasteiger partial charge in [-0.25, -0.2) is 0 Å². The molecule has 0 fully saturated rings. The number of nitrogens with zero attached hydrogens (tertiary/aromatic N) is 3. The Morgan fingerprint density at radius 3 is 2.26 bits per heavy atom. The summed E-state index contributed by atoms with van der Waals surface area (Å²) in [5, 5.41) is 17.1. The molecule has 0 aliphatic rings. The summed E-state index contributed by atoms with van der Waals surface area (Å²) in [6.07, 6.45) is 3.54. The van der Waals surface area contributed by atoms with Gasteiger partial charge in [0.15, 0.2) is 0 Å². The first-order valence-corrected chi connectivity index (χ1v) is 8.75. The molecule has 4 aromatic rings. The molecular weight excluding hydrogens is 332 g/mol. The Morgan fingerprint density at radius 2 is 1.56 bits per heavy atom. The van der Waals surface area contributed by atoms with Gasteiger partial charge >= 0.3 is 0 Å². The van der Waals surface area contributed by atoms with E-state index >= 15 is 0 Å². The molecule has 4 heteroatoms. The van der Waals surface area contributed by atoms with Crippen LogP contribution in [-0.4, -0.2) is 15.2 Å². The Balaban J connectivity index is 1.78. The predicted octanol–water partition coefficient (Wildman–Crippen LogP) is 5.29. The number of aryl methyl sites for hydroxylation is 2. The number of hydrogen-bond donors (Lipinski definition) is 1. The van der Waals surface area contributed by atoms with E-state index in [2.05, 4.69) is 45.5 Å². The zero-order valence-electron chi connectivity index (χ0n) is 15.2. The molecule has 4 rings (SSSR count). The zero-order chi connectivity index (χ0) is 18.8. The van der Waals surface area contributed by atoms with Crippen molar-refractivity contribution in [3.8, 4) is 39.6 Å². The lowest BCUT2D eigenvalue weighted by atomic mass is 9.94. The van der Waals surface area contributed by atoms with Crippen LogP contribution in [0.1, 0.15) is 16.8 Å². The second-order valence-electron chi connectivity index (χ2n) is 6.49. The summed E-state index contributed by atoms with van der Waals surface area (Å²) in [5.74, 6) is 0. The lowest BCUT2D eigenvalue weighted by Gasteiger charge is -2.09. The van der Waals surface area contributed by atoms with Crippen LogP contribution >= 0.6 is 0 Å².